The fraction of sp³-hybridized carbons (Fsp3) is 0.167. The first-order chi connectivity index (χ1) is 15.2. The van der Waals surface area contributed by atoms with Crippen LogP contribution in [-0.2, 0) is 4.79 Å². The van der Waals surface area contributed by atoms with Crippen molar-refractivity contribution in [2.24, 2.45) is 0 Å². The summed E-state index contributed by atoms with van der Waals surface area (Å²) in [6.07, 6.45) is 0. The minimum absolute atomic E-state index is 0.132. The van der Waals surface area contributed by atoms with Crippen molar-refractivity contribution in [2.75, 3.05) is 23.8 Å². The maximum absolute atomic E-state index is 12.6. The smallest absolute Gasteiger partial charge is 0.246 e. The van der Waals surface area contributed by atoms with Crippen LogP contribution in [0.3, 0.4) is 0 Å². The second kappa shape index (κ2) is 8.28. The highest BCUT2D eigenvalue weighted by Crippen LogP contribution is 2.33. The molecule has 0 unspecified atom stereocenters. The minimum atomic E-state index is -0.415. The molecular weight excluding hydrogens is 410 g/mol. The molecule has 3 aromatic carbocycles. The summed E-state index contributed by atoms with van der Waals surface area (Å²) in [5.41, 5.74) is 3.61. The fourth-order valence-electron chi connectivity index (χ4n) is 3.39. The van der Waals surface area contributed by atoms with Crippen molar-refractivity contribution < 1.29 is 14.3 Å². The number of carbonyl (C=O) groups is 1. The molecule has 0 aliphatic carbocycles. The topological polar surface area (TPSA) is 72.5 Å². The van der Waals surface area contributed by atoms with Crippen LogP contribution in [0.4, 0.5) is 11.4 Å². The van der Waals surface area contributed by atoms with Crippen LogP contribution in [0.2, 0.25) is 0 Å². The van der Waals surface area contributed by atoms with E-state index < -0.39 is 6.04 Å². The Balaban J connectivity index is 1.23. The lowest BCUT2D eigenvalue weighted by molar-refractivity contribution is -0.116. The molecule has 31 heavy (non-hydrogen) atoms. The van der Waals surface area contributed by atoms with Gasteiger partial charge in [-0.3, -0.25) is 4.79 Å². The highest BCUT2D eigenvalue weighted by molar-refractivity contribution is 7.21. The Bertz CT molecular complexity index is 1200. The van der Waals surface area contributed by atoms with Crippen molar-refractivity contribution >= 4 is 38.8 Å². The number of rotatable bonds is 5. The Morgan fingerprint density at radius 3 is 2.52 bits per heavy atom. The van der Waals surface area contributed by atoms with E-state index in [0.717, 1.165) is 21.8 Å². The van der Waals surface area contributed by atoms with Gasteiger partial charge in [-0.2, -0.15) is 0 Å². The molecule has 0 spiro atoms. The first kappa shape index (κ1) is 19.4. The highest BCUT2D eigenvalue weighted by Gasteiger charge is 2.16. The number of hydrogen-bond donors (Lipinski definition) is 2. The number of thiazole rings is 1. The lowest BCUT2D eigenvalue weighted by atomic mass is 10.2. The zero-order valence-corrected chi connectivity index (χ0v) is 17.7. The third-order valence-corrected chi connectivity index (χ3v) is 6.10. The number of ether oxygens (including phenoxy) is 2. The van der Waals surface area contributed by atoms with Crippen molar-refractivity contribution in [2.45, 2.75) is 13.0 Å². The van der Waals surface area contributed by atoms with Crippen LogP contribution in [0, 0.1) is 0 Å². The van der Waals surface area contributed by atoms with Crippen molar-refractivity contribution in [3.05, 3.63) is 66.7 Å². The lowest BCUT2D eigenvalue weighted by Crippen LogP contribution is -2.31. The van der Waals surface area contributed by atoms with E-state index >= 15 is 0 Å². The quantitative estimate of drug-likeness (QED) is 0.456. The van der Waals surface area contributed by atoms with Gasteiger partial charge in [0.15, 0.2) is 11.5 Å². The van der Waals surface area contributed by atoms with E-state index in [-0.39, 0.29) is 5.91 Å². The predicted octanol–water partition coefficient (Wildman–Crippen LogP) is 5.17. The summed E-state index contributed by atoms with van der Waals surface area (Å²) >= 11 is 1.67. The molecule has 5 rings (SSSR count). The van der Waals surface area contributed by atoms with E-state index in [9.17, 15) is 4.79 Å². The third-order valence-electron chi connectivity index (χ3n) is 5.01. The number of fused-ring (bicyclic) bond motifs is 2. The summed E-state index contributed by atoms with van der Waals surface area (Å²) in [6.45, 7) is 2.88. The molecule has 1 aromatic heterocycles. The fourth-order valence-corrected chi connectivity index (χ4v) is 4.36. The van der Waals surface area contributed by atoms with E-state index in [4.69, 9.17) is 14.5 Å². The van der Waals surface area contributed by atoms with Crippen LogP contribution in [0.25, 0.3) is 20.8 Å². The largest absolute Gasteiger partial charge is 0.486 e. The molecule has 2 N–H and O–H groups in total. The van der Waals surface area contributed by atoms with Crippen LogP contribution in [0.15, 0.2) is 66.7 Å². The molecule has 1 atom stereocenters. The molecule has 0 saturated heterocycles. The molecule has 0 saturated carbocycles. The first-order valence-electron chi connectivity index (χ1n) is 10.1. The van der Waals surface area contributed by atoms with Crippen LogP contribution in [0.5, 0.6) is 11.5 Å². The van der Waals surface area contributed by atoms with E-state index in [1.165, 1.54) is 4.70 Å². The van der Waals surface area contributed by atoms with Gasteiger partial charge < -0.3 is 20.1 Å². The molecule has 1 amide bonds. The van der Waals surface area contributed by atoms with E-state index in [2.05, 4.69) is 16.7 Å². The molecule has 1 aliphatic heterocycles. The van der Waals surface area contributed by atoms with Gasteiger partial charge in [-0.1, -0.05) is 12.1 Å². The summed E-state index contributed by atoms with van der Waals surface area (Å²) in [4.78, 5) is 17.3. The second-order valence-electron chi connectivity index (χ2n) is 7.28. The SMILES string of the molecule is C[C@H](Nc1ccc(-c2nc3ccccc3s2)cc1)C(=O)Nc1ccc2c(c1)OCCO2. The van der Waals surface area contributed by atoms with Gasteiger partial charge in [-0.05, 0) is 55.5 Å². The maximum atomic E-state index is 12.6. The molecule has 7 heteroatoms. The van der Waals surface area contributed by atoms with Crippen LogP contribution in [0.1, 0.15) is 6.92 Å². The van der Waals surface area contributed by atoms with E-state index in [1.54, 1.807) is 17.4 Å². The predicted molar refractivity (Wildman–Crippen MR) is 124 cm³/mol. The van der Waals surface area contributed by atoms with Gasteiger partial charge in [0.25, 0.3) is 0 Å². The van der Waals surface area contributed by atoms with Gasteiger partial charge >= 0.3 is 0 Å². The molecular formula is C24H21N3O3S. The zero-order valence-electron chi connectivity index (χ0n) is 16.9. The molecule has 156 valence electrons. The maximum Gasteiger partial charge on any atom is 0.246 e. The number of nitrogens with one attached hydrogen (secondary N) is 2. The number of aromatic nitrogens is 1. The normalized spacial score (nSPS) is 13.6. The van der Waals surface area contributed by atoms with Crippen molar-refractivity contribution in [1.82, 2.24) is 4.98 Å². The first-order valence-corrected chi connectivity index (χ1v) is 10.9. The average Bonchev–Trinajstić information content (AvgIpc) is 3.24. The Hall–Kier alpha value is -3.58. The number of carbonyl (C=O) groups excluding carboxylic acids is 1. The summed E-state index contributed by atoms with van der Waals surface area (Å²) in [6, 6.07) is 21.1. The monoisotopic (exact) mass is 431 g/mol. The highest BCUT2D eigenvalue weighted by atomic mass is 32.1. The number of nitrogens with zero attached hydrogens (tertiary/aromatic N) is 1. The minimum Gasteiger partial charge on any atom is -0.486 e. The van der Waals surface area contributed by atoms with E-state index in [1.807, 2.05) is 61.5 Å². The second-order valence-corrected chi connectivity index (χ2v) is 8.31. The molecule has 2 heterocycles. The number of amides is 1. The van der Waals surface area contributed by atoms with Crippen LogP contribution < -0.4 is 20.1 Å². The van der Waals surface area contributed by atoms with Crippen molar-refractivity contribution in [1.29, 1.82) is 0 Å². The van der Waals surface area contributed by atoms with Crippen molar-refractivity contribution in [3.63, 3.8) is 0 Å². The molecule has 0 fully saturated rings. The number of anilines is 2. The Labute approximate surface area is 183 Å². The molecule has 0 bridgehead atoms. The molecule has 0 radical (unpaired) electrons. The Morgan fingerprint density at radius 1 is 0.968 bits per heavy atom. The summed E-state index contributed by atoms with van der Waals surface area (Å²) in [5, 5.41) is 7.15. The van der Waals surface area contributed by atoms with Gasteiger partial charge in [0, 0.05) is 23.0 Å². The zero-order chi connectivity index (χ0) is 21.2. The van der Waals surface area contributed by atoms with Gasteiger partial charge in [0.2, 0.25) is 5.91 Å². The number of hydrogen-bond acceptors (Lipinski definition) is 6. The van der Waals surface area contributed by atoms with Gasteiger partial charge in [-0.15, -0.1) is 11.3 Å². The number of para-hydroxylation sites is 1. The van der Waals surface area contributed by atoms with Gasteiger partial charge in [0.1, 0.15) is 24.3 Å². The number of benzene rings is 3. The van der Waals surface area contributed by atoms with E-state index in [0.29, 0.717) is 30.4 Å². The molecule has 1 aliphatic rings. The molecule has 4 aromatic rings. The van der Waals surface area contributed by atoms with Gasteiger partial charge in [-0.25, -0.2) is 4.98 Å². The Kier molecular flexibility index (Phi) is 5.18. The van der Waals surface area contributed by atoms with Gasteiger partial charge in [0.05, 0.1) is 10.2 Å². The summed E-state index contributed by atoms with van der Waals surface area (Å²) < 4.78 is 12.3. The summed E-state index contributed by atoms with van der Waals surface area (Å²) in [7, 11) is 0. The van der Waals surface area contributed by atoms with Crippen LogP contribution >= 0.6 is 11.3 Å². The lowest BCUT2D eigenvalue weighted by Gasteiger charge is -2.20. The van der Waals surface area contributed by atoms with Crippen molar-refractivity contribution in [3.8, 4) is 22.1 Å². The summed E-state index contributed by atoms with van der Waals surface area (Å²) in [5.74, 6) is 1.21. The Morgan fingerprint density at radius 2 is 1.71 bits per heavy atom. The third kappa shape index (κ3) is 4.18. The molecule has 6 nitrogen and oxygen atoms in total. The standard InChI is InChI=1S/C24H21N3O3S/c1-15(23(28)26-18-10-11-20-21(14-18)30-13-12-29-20)25-17-8-6-16(7-9-17)24-27-19-4-2-3-5-22(19)31-24/h2-11,14-15,25H,12-13H2,1H3,(H,26,28)/t15-/m0/s1. The average molecular weight is 432 g/mol. The van der Waals surface area contributed by atoms with Crippen LogP contribution in [-0.4, -0.2) is 30.1 Å².